The van der Waals surface area contributed by atoms with Crippen LogP contribution in [0.3, 0.4) is 0 Å². The van der Waals surface area contributed by atoms with Crippen LogP contribution >= 0.6 is 0 Å². The molecule has 502 valence electrons. The summed E-state index contributed by atoms with van der Waals surface area (Å²) in [5.41, 5.74) is 0. The summed E-state index contributed by atoms with van der Waals surface area (Å²) in [6.07, 6.45) is 63.1. The van der Waals surface area contributed by atoms with Gasteiger partial charge in [0, 0.05) is 6.42 Å². The number of aliphatic hydroxyl groups excluding tert-OH is 8. The molecule has 9 N–H and O–H groups in total. The number of hydrogen-bond acceptors (Lipinski definition) is 13. The third-order valence-electron chi connectivity index (χ3n) is 16.5. The summed E-state index contributed by atoms with van der Waals surface area (Å²) in [4.78, 5) is 13.3. The zero-order valence-electron chi connectivity index (χ0n) is 54.5. The number of hydrogen-bond donors (Lipinski definition) is 9. The third-order valence-corrected chi connectivity index (χ3v) is 16.5. The summed E-state index contributed by atoms with van der Waals surface area (Å²) in [5.74, 6) is -0.251. The molecule has 87 heavy (non-hydrogen) atoms. The molecular formula is C73H127NO13. The molecule has 0 aromatic heterocycles. The maximum atomic E-state index is 13.3. The largest absolute Gasteiger partial charge is 0.394 e. The SMILES string of the molecule is CC/C=C\C/C=C\C/C=C\C/C=C\C/C=C\C/C=C\CCCCCCCCCCCCCCCCC(=O)NC(COC1OC(CO)C(OC2OC(CO)C(O)C(O)C2O)C(O)C1O)C(O)/C=C/CC/C=C/CCCCCCCCCCCCCCCC. The number of rotatable bonds is 56. The van der Waals surface area contributed by atoms with E-state index in [9.17, 15) is 45.6 Å². The van der Waals surface area contributed by atoms with Gasteiger partial charge in [0.2, 0.25) is 5.91 Å². The lowest BCUT2D eigenvalue weighted by atomic mass is 9.97. The number of carbonyl (C=O) groups excluding carboxylic acids is 1. The smallest absolute Gasteiger partial charge is 0.220 e. The fourth-order valence-corrected chi connectivity index (χ4v) is 11.0. The van der Waals surface area contributed by atoms with Gasteiger partial charge in [-0.15, -0.1) is 0 Å². The molecule has 1 amide bonds. The van der Waals surface area contributed by atoms with E-state index in [-0.39, 0.29) is 18.9 Å². The topological polar surface area (TPSA) is 228 Å². The number of allylic oxidation sites excluding steroid dienone is 15. The molecule has 0 bridgehead atoms. The van der Waals surface area contributed by atoms with Gasteiger partial charge in [-0.1, -0.05) is 272 Å². The van der Waals surface area contributed by atoms with Crippen LogP contribution in [0, 0.1) is 0 Å². The van der Waals surface area contributed by atoms with E-state index in [2.05, 4.69) is 104 Å². The quantitative estimate of drug-likeness (QED) is 0.0204. The summed E-state index contributed by atoms with van der Waals surface area (Å²) in [6, 6.07) is -0.938. The van der Waals surface area contributed by atoms with Crippen LogP contribution in [-0.2, 0) is 23.7 Å². The Morgan fingerprint density at radius 3 is 1.26 bits per heavy atom. The second kappa shape index (κ2) is 56.9. The molecule has 2 fully saturated rings. The second-order valence-electron chi connectivity index (χ2n) is 24.3. The van der Waals surface area contributed by atoms with Gasteiger partial charge in [0.05, 0.1) is 32.0 Å². The van der Waals surface area contributed by atoms with Crippen LogP contribution in [0.15, 0.2) is 97.2 Å². The van der Waals surface area contributed by atoms with Crippen molar-refractivity contribution in [3.8, 4) is 0 Å². The van der Waals surface area contributed by atoms with E-state index in [4.69, 9.17) is 18.9 Å². The highest BCUT2D eigenvalue weighted by molar-refractivity contribution is 5.76. The summed E-state index contributed by atoms with van der Waals surface area (Å²) in [5, 5.41) is 87.4. The van der Waals surface area contributed by atoms with Crippen LogP contribution in [0.4, 0.5) is 0 Å². The molecule has 2 rings (SSSR count). The minimum absolute atomic E-state index is 0.251. The van der Waals surface area contributed by atoms with Crippen LogP contribution < -0.4 is 5.32 Å². The Morgan fingerprint density at radius 1 is 0.425 bits per heavy atom. The Balaban J connectivity index is 1.67. The minimum Gasteiger partial charge on any atom is -0.394 e. The number of aliphatic hydroxyl groups is 8. The van der Waals surface area contributed by atoms with Crippen LogP contribution in [-0.4, -0.2) is 140 Å². The highest BCUT2D eigenvalue weighted by Gasteiger charge is 2.51. The predicted octanol–water partition coefficient (Wildman–Crippen LogP) is 14.2. The average molecular weight is 1230 g/mol. The molecule has 0 saturated carbocycles. The minimum atomic E-state index is -1.79. The lowest BCUT2D eigenvalue weighted by Gasteiger charge is -2.46. The number of unbranched alkanes of at least 4 members (excludes halogenated alkanes) is 29. The van der Waals surface area contributed by atoms with E-state index >= 15 is 0 Å². The summed E-state index contributed by atoms with van der Waals surface area (Å²) >= 11 is 0. The van der Waals surface area contributed by atoms with Crippen LogP contribution in [0.1, 0.15) is 264 Å². The molecule has 0 aromatic rings. The zero-order valence-corrected chi connectivity index (χ0v) is 54.5. The lowest BCUT2D eigenvalue weighted by Crippen LogP contribution is -2.65. The Morgan fingerprint density at radius 2 is 0.805 bits per heavy atom. The standard InChI is InChI=1S/C73H127NO13/c1-3-5-7-9-11-13-15-17-19-21-23-25-26-27-28-29-30-31-32-33-34-35-36-37-39-41-43-45-47-49-51-53-55-57-65(78)74-61(62(77)56-54-52-50-48-46-44-42-40-38-24-22-20-18-16-14-12-10-8-6-4-2)60-84-72-70(83)68(81)71(64(59-76)86-72)87-73-69(82)67(80)66(79)63(58-75)85-73/h5,7,11,13,17,19,23,25,27-28,30-31,46,48,54,56,61-64,66-73,75-77,79-83H,3-4,6,8-10,12,14-16,18,20-22,24,26,29,32-45,47,49-53,55,57-60H2,1-2H3,(H,74,78)/b7-5-,13-11-,19-17-,25-23-,28-27-,31-30-,48-46+,56-54+. The molecule has 2 aliphatic rings. The average Bonchev–Trinajstić information content (AvgIpc) is 2.59. The van der Waals surface area contributed by atoms with Gasteiger partial charge in [0.1, 0.15) is 48.8 Å². The molecule has 2 aliphatic heterocycles. The van der Waals surface area contributed by atoms with Crippen LogP contribution in [0.25, 0.3) is 0 Å². The molecule has 2 heterocycles. The number of nitrogens with one attached hydrogen (secondary N) is 1. The van der Waals surface area contributed by atoms with Gasteiger partial charge in [0.15, 0.2) is 12.6 Å². The predicted molar refractivity (Wildman–Crippen MR) is 355 cm³/mol. The number of carbonyl (C=O) groups is 1. The first-order valence-electron chi connectivity index (χ1n) is 35.0. The molecule has 0 radical (unpaired) electrons. The van der Waals surface area contributed by atoms with Crippen molar-refractivity contribution < 1.29 is 64.6 Å². The fourth-order valence-electron chi connectivity index (χ4n) is 11.0. The fraction of sp³-hybridized carbons (Fsp3) is 0.767. The van der Waals surface area contributed by atoms with E-state index in [1.807, 2.05) is 6.08 Å². The van der Waals surface area contributed by atoms with E-state index in [0.717, 1.165) is 70.6 Å². The lowest BCUT2D eigenvalue weighted by molar-refractivity contribution is -0.359. The normalized spacial score (nSPS) is 23.9. The highest BCUT2D eigenvalue weighted by atomic mass is 16.7. The van der Waals surface area contributed by atoms with E-state index < -0.39 is 86.8 Å². The Bertz CT molecular complexity index is 1830. The van der Waals surface area contributed by atoms with Crippen LogP contribution in [0.2, 0.25) is 0 Å². The molecule has 2 saturated heterocycles. The summed E-state index contributed by atoms with van der Waals surface area (Å²) in [6.45, 7) is 2.68. The van der Waals surface area contributed by atoms with Crippen molar-refractivity contribution in [1.82, 2.24) is 5.32 Å². The van der Waals surface area contributed by atoms with Gasteiger partial charge in [-0.25, -0.2) is 0 Å². The van der Waals surface area contributed by atoms with Gasteiger partial charge >= 0.3 is 0 Å². The summed E-state index contributed by atoms with van der Waals surface area (Å²) in [7, 11) is 0. The van der Waals surface area contributed by atoms with Crippen molar-refractivity contribution in [3.05, 3.63) is 97.2 Å². The first-order valence-corrected chi connectivity index (χ1v) is 35.0. The maximum absolute atomic E-state index is 13.3. The molecular weight excluding hydrogens is 1100 g/mol. The van der Waals surface area contributed by atoms with E-state index in [1.165, 1.54) is 161 Å². The molecule has 0 aliphatic carbocycles. The maximum Gasteiger partial charge on any atom is 0.220 e. The first kappa shape index (κ1) is 80.0. The Hall–Kier alpha value is -3.09. The first-order chi connectivity index (χ1) is 42.6. The van der Waals surface area contributed by atoms with Gasteiger partial charge in [-0.05, 0) is 83.5 Å². The van der Waals surface area contributed by atoms with Crippen molar-refractivity contribution in [2.24, 2.45) is 0 Å². The summed E-state index contributed by atoms with van der Waals surface area (Å²) < 4.78 is 22.8. The second-order valence-corrected chi connectivity index (χ2v) is 24.3. The molecule has 0 aromatic carbocycles. The highest BCUT2D eigenvalue weighted by Crippen LogP contribution is 2.30. The molecule has 0 spiro atoms. The molecule has 12 atom stereocenters. The molecule has 14 nitrogen and oxygen atoms in total. The van der Waals surface area contributed by atoms with Gasteiger partial charge in [0.25, 0.3) is 0 Å². The molecule has 14 heteroatoms. The number of amides is 1. The van der Waals surface area contributed by atoms with Crippen molar-refractivity contribution in [1.29, 1.82) is 0 Å². The van der Waals surface area contributed by atoms with E-state index in [1.54, 1.807) is 6.08 Å². The number of ether oxygens (including phenoxy) is 4. The van der Waals surface area contributed by atoms with Gasteiger partial charge in [-0.2, -0.15) is 0 Å². The Labute approximate surface area is 528 Å². The van der Waals surface area contributed by atoms with Crippen LogP contribution in [0.5, 0.6) is 0 Å². The van der Waals surface area contributed by atoms with Crippen molar-refractivity contribution >= 4 is 5.91 Å². The van der Waals surface area contributed by atoms with E-state index in [0.29, 0.717) is 12.8 Å². The monoisotopic (exact) mass is 1230 g/mol. The third kappa shape index (κ3) is 41.1. The van der Waals surface area contributed by atoms with Gasteiger partial charge < -0.3 is 65.1 Å². The van der Waals surface area contributed by atoms with Crippen molar-refractivity contribution in [2.75, 3.05) is 19.8 Å². The van der Waals surface area contributed by atoms with Gasteiger partial charge in [-0.3, -0.25) is 4.79 Å². The van der Waals surface area contributed by atoms with Crippen molar-refractivity contribution in [3.63, 3.8) is 0 Å². The Kier molecular flexibility index (Phi) is 52.3. The zero-order chi connectivity index (χ0) is 63.1. The van der Waals surface area contributed by atoms with Crippen molar-refractivity contribution in [2.45, 2.75) is 338 Å². The molecule has 12 unspecified atom stereocenters.